The third-order valence-electron chi connectivity index (χ3n) is 13.9. The second kappa shape index (κ2) is 7.98. The minimum absolute atomic E-state index is 0.0136. The maximum atomic E-state index is 12.8. The zero-order chi connectivity index (χ0) is 26.5. The van der Waals surface area contributed by atoms with Crippen molar-refractivity contribution >= 4 is 11.9 Å². The van der Waals surface area contributed by atoms with Gasteiger partial charge in [-0.3, -0.25) is 9.59 Å². The minimum Gasteiger partial charge on any atom is -0.481 e. The van der Waals surface area contributed by atoms with Crippen LogP contribution in [0, 0.1) is 56.2 Å². The van der Waals surface area contributed by atoms with Gasteiger partial charge in [-0.25, -0.2) is 0 Å². The molecule has 4 heteroatoms. The maximum Gasteiger partial charge on any atom is 0.309 e. The molecule has 0 aromatic rings. The third-order valence-corrected chi connectivity index (χ3v) is 13.9. The number of esters is 1. The molecule has 0 spiro atoms. The summed E-state index contributed by atoms with van der Waals surface area (Å²) in [4.78, 5) is 24.7. The molecule has 5 aliphatic rings. The van der Waals surface area contributed by atoms with Crippen LogP contribution in [0.1, 0.15) is 126 Å². The Labute approximate surface area is 219 Å². The van der Waals surface area contributed by atoms with Gasteiger partial charge in [0.25, 0.3) is 0 Å². The maximum absolute atomic E-state index is 12.8. The van der Waals surface area contributed by atoms with Gasteiger partial charge in [-0.05, 0) is 116 Å². The smallest absolute Gasteiger partial charge is 0.309 e. The van der Waals surface area contributed by atoms with Gasteiger partial charge in [0.15, 0.2) is 0 Å². The Kier molecular flexibility index (Phi) is 5.88. The molecule has 204 valence electrons. The first kappa shape index (κ1) is 26.5. The van der Waals surface area contributed by atoms with Gasteiger partial charge in [0.2, 0.25) is 0 Å². The van der Waals surface area contributed by atoms with Gasteiger partial charge in [0.05, 0.1) is 5.41 Å². The number of hydrogen-bond donors (Lipinski definition) is 1. The molecule has 0 heterocycles. The molecular formula is C32H52O4. The fraction of sp³-hybridized carbons (Fsp3) is 0.938. The number of carbonyl (C=O) groups is 2. The van der Waals surface area contributed by atoms with Crippen LogP contribution in [0.4, 0.5) is 0 Å². The van der Waals surface area contributed by atoms with E-state index >= 15 is 0 Å². The molecule has 0 saturated heterocycles. The number of aliphatic carboxylic acids is 1. The molecule has 0 aromatic carbocycles. The number of hydrogen-bond acceptors (Lipinski definition) is 3. The zero-order valence-electron chi connectivity index (χ0n) is 24.3. The van der Waals surface area contributed by atoms with Crippen molar-refractivity contribution in [1.82, 2.24) is 0 Å². The normalized spacial score (nSPS) is 51.1. The van der Waals surface area contributed by atoms with Crippen LogP contribution < -0.4 is 0 Å². The van der Waals surface area contributed by atoms with Crippen LogP contribution in [0.5, 0.6) is 0 Å². The molecule has 1 N–H and O–H groups in total. The molecule has 0 aromatic heterocycles. The van der Waals surface area contributed by atoms with Crippen LogP contribution in [0.3, 0.4) is 0 Å². The van der Waals surface area contributed by atoms with Crippen molar-refractivity contribution in [1.29, 1.82) is 0 Å². The summed E-state index contributed by atoms with van der Waals surface area (Å²) >= 11 is 0. The minimum atomic E-state index is -0.515. The molecular weight excluding hydrogens is 448 g/mol. The average Bonchev–Trinajstić information content (AvgIpc) is 2.75. The standard InChI is InChI=1S/C32H52O4/c1-20(33)36-25-12-13-29(6)23(28(25,4)5)11-14-31(8)24(29)10-9-21-22-19-27(2,3)15-17-32(22,26(34)35)18-16-30(21,31)7/h21-25H,9-19H2,1-8H3,(H,34,35)/t21-,22+,23+,24-,25+,29+,30-,31-,32+/m1/s1. The van der Waals surface area contributed by atoms with Crippen LogP contribution in [0.15, 0.2) is 0 Å². The number of carboxylic acids is 1. The lowest BCUT2D eigenvalue weighted by Crippen LogP contribution is -2.67. The van der Waals surface area contributed by atoms with Gasteiger partial charge in [0.1, 0.15) is 6.10 Å². The van der Waals surface area contributed by atoms with E-state index in [1.165, 1.54) is 25.7 Å². The van der Waals surface area contributed by atoms with E-state index < -0.39 is 11.4 Å². The molecule has 0 bridgehead atoms. The highest BCUT2D eigenvalue weighted by Crippen LogP contribution is 2.77. The van der Waals surface area contributed by atoms with Crippen molar-refractivity contribution in [2.24, 2.45) is 56.2 Å². The van der Waals surface area contributed by atoms with E-state index in [2.05, 4.69) is 48.5 Å². The molecule has 0 unspecified atom stereocenters. The molecule has 5 saturated carbocycles. The van der Waals surface area contributed by atoms with Gasteiger partial charge in [-0.15, -0.1) is 0 Å². The van der Waals surface area contributed by atoms with Crippen LogP contribution in [0.25, 0.3) is 0 Å². The first-order valence-electron chi connectivity index (χ1n) is 14.9. The Hall–Kier alpha value is -1.06. The third kappa shape index (κ3) is 3.36. The Balaban J connectivity index is 1.50. The summed E-state index contributed by atoms with van der Waals surface area (Å²) in [6.07, 6.45) is 11.8. The quantitative estimate of drug-likeness (QED) is 0.392. The number of rotatable bonds is 2. The molecule has 36 heavy (non-hydrogen) atoms. The number of fused-ring (bicyclic) bond motifs is 7. The topological polar surface area (TPSA) is 63.6 Å². The van der Waals surface area contributed by atoms with E-state index in [1.54, 1.807) is 6.92 Å². The molecule has 0 radical (unpaired) electrons. The fourth-order valence-corrected chi connectivity index (χ4v) is 11.8. The fourth-order valence-electron chi connectivity index (χ4n) is 11.8. The van der Waals surface area contributed by atoms with Gasteiger partial charge >= 0.3 is 11.9 Å². The van der Waals surface area contributed by atoms with Gasteiger partial charge in [0, 0.05) is 12.3 Å². The lowest BCUT2D eigenvalue weighted by molar-refractivity contribution is -0.256. The summed E-state index contributed by atoms with van der Waals surface area (Å²) in [6, 6.07) is 0. The zero-order valence-corrected chi connectivity index (χ0v) is 24.3. The Morgan fingerprint density at radius 2 is 1.39 bits per heavy atom. The van der Waals surface area contributed by atoms with E-state index in [1.807, 2.05) is 0 Å². The molecule has 5 rings (SSSR count). The summed E-state index contributed by atoms with van der Waals surface area (Å²) in [5.74, 6) is 1.35. The van der Waals surface area contributed by atoms with Crippen molar-refractivity contribution in [2.45, 2.75) is 132 Å². The highest BCUT2D eigenvalue weighted by atomic mass is 16.5. The second-order valence-corrected chi connectivity index (χ2v) is 16.1. The predicted octanol–water partition coefficient (Wildman–Crippen LogP) is 7.88. The van der Waals surface area contributed by atoms with Crippen molar-refractivity contribution in [3.63, 3.8) is 0 Å². The van der Waals surface area contributed by atoms with Crippen LogP contribution >= 0.6 is 0 Å². The molecule has 5 fully saturated rings. The van der Waals surface area contributed by atoms with Gasteiger partial charge in [-0.2, -0.15) is 0 Å². The van der Waals surface area contributed by atoms with E-state index in [0.29, 0.717) is 23.7 Å². The molecule has 4 nitrogen and oxygen atoms in total. The Bertz CT molecular complexity index is 936. The highest BCUT2D eigenvalue weighted by Gasteiger charge is 2.71. The summed E-state index contributed by atoms with van der Waals surface area (Å²) in [7, 11) is 0. The first-order chi connectivity index (χ1) is 16.5. The Morgan fingerprint density at radius 3 is 2.03 bits per heavy atom. The molecule has 0 aliphatic heterocycles. The van der Waals surface area contributed by atoms with Crippen LogP contribution in [-0.4, -0.2) is 23.1 Å². The van der Waals surface area contributed by atoms with E-state index in [-0.39, 0.29) is 39.1 Å². The van der Waals surface area contributed by atoms with Crippen molar-refractivity contribution < 1.29 is 19.4 Å². The molecule has 0 amide bonds. The summed E-state index contributed by atoms with van der Waals surface area (Å²) in [6.45, 7) is 18.8. The lowest BCUT2D eigenvalue weighted by Gasteiger charge is -2.73. The predicted molar refractivity (Wildman–Crippen MR) is 142 cm³/mol. The number of carbonyl (C=O) groups excluding carboxylic acids is 1. The summed E-state index contributed by atoms with van der Waals surface area (Å²) in [5, 5.41) is 10.6. The highest BCUT2D eigenvalue weighted by molar-refractivity contribution is 5.75. The lowest BCUT2D eigenvalue weighted by atomic mass is 9.31. The summed E-state index contributed by atoms with van der Waals surface area (Å²) < 4.78 is 5.88. The number of ether oxygens (including phenoxy) is 1. The van der Waals surface area contributed by atoms with Crippen molar-refractivity contribution in [3.05, 3.63) is 0 Å². The largest absolute Gasteiger partial charge is 0.481 e. The average molecular weight is 501 g/mol. The molecule has 5 aliphatic carbocycles. The van der Waals surface area contributed by atoms with Crippen molar-refractivity contribution in [2.75, 3.05) is 0 Å². The monoisotopic (exact) mass is 500 g/mol. The SMILES string of the molecule is CC(=O)O[C@H]1CC[C@]2(C)[C@H]3CC[C@@H]4[C@@H]5CC(C)(C)CC[C@]5(C(=O)O)CC[C@@]4(C)[C@]3(C)CC[C@H]2C1(C)C. The van der Waals surface area contributed by atoms with E-state index in [9.17, 15) is 14.7 Å². The van der Waals surface area contributed by atoms with Gasteiger partial charge < -0.3 is 9.84 Å². The van der Waals surface area contributed by atoms with E-state index in [4.69, 9.17) is 4.74 Å². The first-order valence-corrected chi connectivity index (χ1v) is 14.9. The second-order valence-electron chi connectivity index (χ2n) is 16.1. The summed E-state index contributed by atoms with van der Waals surface area (Å²) in [5.41, 5.74) is 0.385. The van der Waals surface area contributed by atoms with Crippen LogP contribution in [-0.2, 0) is 14.3 Å². The number of carboxylic acid groups (broad SMARTS) is 1. The molecule has 9 atom stereocenters. The Morgan fingerprint density at radius 1 is 0.722 bits per heavy atom. The van der Waals surface area contributed by atoms with Crippen LogP contribution in [0.2, 0.25) is 0 Å². The van der Waals surface area contributed by atoms with Gasteiger partial charge in [-0.1, -0.05) is 48.5 Å². The van der Waals surface area contributed by atoms with Crippen molar-refractivity contribution in [3.8, 4) is 0 Å². The van der Waals surface area contributed by atoms with E-state index in [0.717, 1.165) is 44.9 Å².